The summed E-state index contributed by atoms with van der Waals surface area (Å²) in [5, 5.41) is 0. The van der Waals surface area contributed by atoms with E-state index in [-0.39, 0.29) is 149 Å². The van der Waals surface area contributed by atoms with Gasteiger partial charge in [-0.1, -0.05) is 0 Å². The van der Waals surface area contributed by atoms with Crippen LogP contribution in [0, 0.1) is 0 Å². The molecule has 0 N–H and O–H groups in total. The van der Waals surface area contributed by atoms with E-state index in [0.717, 1.165) is 0 Å². The Morgan fingerprint density at radius 2 is 0.0833 bits per heavy atom. The maximum Gasteiger partial charge on any atom is -0.0140 e. The van der Waals surface area contributed by atoms with Crippen molar-refractivity contribution < 1.29 is 0 Å². The number of hydrogen-bond acceptors (Lipinski definition) is 12. The van der Waals surface area contributed by atoms with E-state index >= 15 is 0 Å². The van der Waals surface area contributed by atoms with Crippen molar-refractivity contribution in [1.29, 1.82) is 0 Å². The molecule has 0 rings (SSSR count). The second-order valence-electron chi connectivity index (χ2n) is 16.1. The van der Waals surface area contributed by atoms with Crippen LogP contribution in [0.5, 0.6) is 0 Å². The normalized spacial score (nSPS) is 7.20. The lowest BCUT2D eigenvalue weighted by molar-refractivity contribution is 0.505. The molecule has 0 aliphatic heterocycles. The first-order valence-electron chi connectivity index (χ1n) is 16.1. The highest BCUT2D eigenvalue weighted by molar-refractivity contribution is 5.86. The minimum Gasteiger partial charge on any atom is -0.312 e. The third-order valence-electron chi connectivity index (χ3n) is 0. The van der Waals surface area contributed by atoms with Crippen LogP contribution in [0.15, 0.2) is 0 Å². The van der Waals surface area contributed by atoms with Gasteiger partial charge >= 0.3 is 0 Å². The van der Waals surface area contributed by atoms with Crippen LogP contribution in [-0.4, -0.2) is 313 Å². The van der Waals surface area contributed by atoms with Crippen molar-refractivity contribution >= 4 is 149 Å². The fraction of sp³-hybridized carbons (Fsp3) is 1.00. The molecular formula is C36H120Cl12N12. The number of hydrogen-bond donors (Lipinski definition) is 0. The average Bonchev–Trinajstić information content (AvgIpc) is 2.61. The molecule has 0 saturated carbocycles. The highest BCUT2D eigenvalue weighted by atomic mass is 35.5. The van der Waals surface area contributed by atoms with Crippen LogP contribution in [0.4, 0.5) is 0 Å². The second-order valence-corrected chi connectivity index (χ2v) is 16.1. The van der Waals surface area contributed by atoms with Crippen LogP contribution in [0.1, 0.15) is 0 Å². The van der Waals surface area contributed by atoms with Gasteiger partial charge in [-0.15, -0.1) is 149 Å². The van der Waals surface area contributed by atoms with E-state index in [9.17, 15) is 0 Å². The molecule has 0 bridgehead atoms. The molecule has 0 amide bonds. The first-order valence-corrected chi connectivity index (χ1v) is 16.1. The second kappa shape index (κ2) is 152. The van der Waals surface area contributed by atoms with Crippen molar-refractivity contribution in [3.05, 3.63) is 0 Å². The molecule has 0 atom stereocenters. The van der Waals surface area contributed by atoms with E-state index in [1.165, 1.54) is 0 Å². The van der Waals surface area contributed by atoms with Crippen molar-refractivity contribution in [3.8, 4) is 0 Å². The highest BCUT2D eigenvalue weighted by Gasteiger charge is 1.62. The van der Waals surface area contributed by atoms with Gasteiger partial charge in [0.25, 0.3) is 0 Å². The molecule has 0 fully saturated rings. The van der Waals surface area contributed by atoms with Gasteiger partial charge in [-0.2, -0.15) is 0 Å². The molecule has 12 nitrogen and oxygen atoms in total. The predicted octanol–water partition coefficient (Wildman–Crippen LogP) is 7.20. The van der Waals surface area contributed by atoms with Gasteiger partial charge in [0, 0.05) is 0 Å². The summed E-state index contributed by atoms with van der Waals surface area (Å²) in [6.07, 6.45) is 0. The molecular weight excluding hydrogens is 1030 g/mol. The summed E-state index contributed by atoms with van der Waals surface area (Å²) in [7, 11) is 72.0. The van der Waals surface area contributed by atoms with Crippen LogP contribution < -0.4 is 0 Å². The first kappa shape index (κ1) is 159. The van der Waals surface area contributed by atoms with Crippen LogP contribution in [0.3, 0.4) is 0 Å². The minimum absolute atomic E-state index is 0. The largest absolute Gasteiger partial charge is 0.312 e. The summed E-state index contributed by atoms with van der Waals surface area (Å²) in [5.41, 5.74) is 0. The van der Waals surface area contributed by atoms with Gasteiger partial charge in [0.05, 0.1) is 0 Å². The van der Waals surface area contributed by atoms with Gasteiger partial charge in [-0.05, 0) is 254 Å². The molecule has 408 valence electrons. The molecule has 0 spiro atoms. The lowest BCUT2D eigenvalue weighted by atomic mass is 11.0. The third-order valence-corrected chi connectivity index (χ3v) is 0. The summed E-state index contributed by atoms with van der Waals surface area (Å²) in [4.78, 5) is 24.0. The Morgan fingerprint density at radius 1 is 0.0833 bits per heavy atom. The molecule has 0 aromatic heterocycles. The molecule has 0 saturated heterocycles. The number of rotatable bonds is 0. The fourth-order valence-corrected chi connectivity index (χ4v) is 0. The zero-order chi connectivity index (χ0) is 42.9. The zero-order valence-corrected chi connectivity index (χ0v) is 56.1. The topological polar surface area (TPSA) is 38.9 Å². The van der Waals surface area contributed by atoms with Gasteiger partial charge in [-0.25, -0.2) is 0 Å². The van der Waals surface area contributed by atoms with Crippen LogP contribution in [0.2, 0.25) is 0 Å². The number of halogens is 12. The van der Waals surface area contributed by atoms with Crippen molar-refractivity contribution in [2.45, 2.75) is 0 Å². The third kappa shape index (κ3) is 24400. The standard InChI is InChI=1S/12C3H9N.12ClH/c12*1-4(2)3;;;;;;;;;;;;/h12*1-3H3;12*1H. The highest BCUT2D eigenvalue weighted by Crippen LogP contribution is 1.52. The molecule has 0 heterocycles. The monoisotopic (exact) mass is 1140 g/mol. The Labute approximate surface area is 458 Å². The molecule has 0 radical (unpaired) electrons. The van der Waals surface area contributed by atoms with Crippen molar-refractivity contribution in [2.24, 2.45) is 0 Å². The Morgan fingerprint density at radius 3 is 0.0833 bits per heavy atom. The Kier molecular flexibility index (Phi) is 402. The van der Waals surface area contributed by atoms with Gasteiger partial charge in [0.15, 0.2) is 0 Å². The van der Waals surface area contributed by atoms with Crippen LogP contribution >= 0.6 is 149 Å². The molecule has 24 heteroatoms. The fourth-order valence-electron chi connectivity index (χ4n) is 0. The molecule has 0 aliphatic rings. The zero-order valence-electron chi connectivity index (χ0n) is 46.3. The van der Waals surface area contributed by atoms with E-state index in [1.807, 2.05) is 313 Å². The van der Waals surface area contributed by atoms with Gasteiger partial charge in [-0.3, -0.25) is 0 Å². The predicted molar refractivity (Wildman–Crippen MR) is 322 cm³/mol. The van der Waals surface area contributed by atoms with Gasteiger partial charge in [0.1, 0.15) is 0 Å². The van der Waals surface area contributed by atoms with E-state index < -0.39 is 0 Å². The van der Waals surface area contributed by atoms with Crippen molar-refractivity contribution in [1.82, 2.24) is 58.8 Å². The summed E-state index contributed by atoms with van der Waals surface area (Å²) in [5.74, 6) is 0. The molecule has 0 unspecified atom stereocenters. The summed E-state index contributed by atoms with van der Waals surface area (Å²) < 4.78 is 0. The van der Waals surface area contributed by atoms with E-state index in [2.05, 4.69) is 0 Å². The molecule has 60 heavy (non-hydrogen) atoms. The van der Waals surface area contributed by atoms with E-state index in [1.54, 1.807) is 0 Å². The van der Waals surface area contributed by atoms with Crippen LogP contribution in [-0.2, 0) is 0 Å². The summed E-state index contributed by atoms with van der Waals surface area (Å²) >= 11 is 0. The average molecular weight is 1150 g/mol. The SMILES string of the molecule is CN(C)C.CN(C)C.CN(C)C.CN(C)C.CN(C)C.CN(C)C.CN(C)C.CN(C)C.CN(C)C.CN(C)C.CN(C)C.CN(C)C.Cl.Cl.Cl.Cl.Cl.Cl.Cl.Cl.Cl.Cl.Cl.Cl. The molecule has 0 aromatic rings. The lowest BCUT2D eigenvalue weighted by Gasteiger charge is -1.90. The van der Waals surface area contributed by atoms with E-state index in [4.69, 9.17) is 0 Å². The lowest BCUT2D eigenvalue weighted by Crippen LogP contribution is -1.99. The Hall–Kier alpha value is 3.00. The van der Waals surface area contributed by atoms with Crippen molar-refractivity contribution in [3.63, 3.8) is 0 Å². The van der Waals surface area contributed by atoms with Gasteiger partial charge in [0.2, 0.25) is 0 Å². The Bertz CT molecular complexity index is 268. The molecule has 0 aliphatic carbocycles. The quantitative estimate of drug-likeness (QED) is 0.247. The summed E-state index contributed by atoms with van der Waals surface area (Å²) in [6, 6.07) is 0. The number of nitrogens with zero attached hydrogens (tertiary/aromatic N) is 12. The maximum atomic E-state index is 2.00. The van der Waals surface area contributed by atoms with Crippen molar-refractivity contribution in [2.75, 3.05) is 254 Å². The first-order chi connectivity index (χ1) is 20.8. The minimum atomic E-state index is 0. The molecule has 0 aromatic carbocycles. The van der Waals surface area contributed by atoms with Gasteiger partial charge < -0.3 is 58.8 Å². The van der Waals surface area contributed by atoms with Crippen LogP contribution in [0.25, 0.3) is 0 Å². The smallest absolute Gasteiger partial charge is 0.0140 e. The van der Waals surface area contributed by atoms with E-state index in [0.29, 0.717) is 0 Å². The Balaban J connectivity index is -0.0000000105. The maximum absolute atomic E-state index is 2.00. The summed E-state index contributed by atoms with van der Waals surface area (Å²) in [6.45, 7) is 0.